The van der Waals surface area contributed by atoms with Crippen molar-refractivity contribution >= 4 is 39.5 Å². The monoisotopic (exact) mass is 409 g/mol. The average molecular weight is 409 g/mol. The predicted octanol–water partition coefficient (Wildman–Crippen LogP) is 2.79. The van der Waals surface area contributed by atoms with Gasteiger partial charge in [0, 0.05) is 16.7 Å². The number of nitrogens with one attached hydrogen (secondary N) is 1. The summed E-state index contributed by atoms with van der Waals surface area (Å²) in [6, 6.07) is 5.98. The van der Waals surface area contributed by atoms with Gasteiger partial charge in [0.2, 0.25) is 0 Å². The Balaban J connectivity index is 1.64. The smallest absolute Gasteiger partial charge is 0.252 e. The molecule has 1 fully saturated rings. The third-order valence-electron chi connectivity index (χ3n) is 4.19. The SMILES string of the molecule is O=C([C@H]1CCCO1)N1CC=C[C@H]1c1nc2ccc(I)cc2[nH]1. The molecular weight excluding hydrogens is 393 g/mol. The standard InChI is InChI=1S/C16H16IN3O2/c17-10-5-6-11-12(9-10)19-15(18-11)13-3-1-7-20(13)16(21)14-4-2-8-22-14/h1,3,5-6,9,13-14H,2,4,7-8H2,(H,18,19)/t13-,14+/m0/s1. The number of rotatable bonds is 2. The highest BCUT2D eigenvalue weighted by atomic mass is 127. The summed E-state index contributed by atoms with van der Waals surface area (Å²) in [5, 5.41) is 0. The summed E-state index contributed by atoms with van der Waals surface area (Å²) in [4.78, 5) is 22.5. The summed E-state index contributed by atoms with van der Waals surface area (Å²) in [6.45, 7) is 1.31. The van der Waals surface area contributed by atoms with Gasteiger partial charge in [-0.05, 0) is 53.6 Å². The molecule has 2 aromatic rings. The van der Waals surface area contributed by atoms with Crippen LogP contribution in [0.4, 0.5) is 0 Å². The third-order valence-corrected chi connectivity index (χ3v) is 4.86. The maximum atomic E-state index is 12.6. The zero-order chi connectivity index (χ0) is 15.1. The quantitative estimate of drug-likeness (QED) is 0.613. The van der Waals surface area contributed by atoms with Crippen LogP contribution in [0.1, 0.15) is 24.7 Å². The number of carbonyl (C=O) groups is 1. The molecule has 4 rings (SSSR count). The van der Waals surface area contributed by atoms with Crippen molar-refractivity contribution in [2.75, 3.05) is 13.2 Å². The number of carbonyl (C=O) groups excluding carboxylic acids is 1. The van der Waals surface area contributed by atoms with Crippen molar-refractivity contribution in [3.63, 3.8) is 0 Å². The first kappa shape index (κ1) is 14.2. The van der Waals surface area contributed by atoms with Gasteiger partial charge in [-0.2, -0.15) is 0 Å². The number of H-pyrrole nitrogens is 1. The molecule has 0 radical (unpaired) electrons. The molecule has 0 aliphatic carbocycles. The van der Waals surface area contributed by atoms with Gasteiger partial charge < -0.3 is 14.6 Å². The number of fused-ring (bicyclic) bond motifs is 1. The van der Waals surface area contributed by atoms with Gasteiger partial charge in [-0.1, -0.05) is 12.2 Å². The van der Waals surface area contributed by atoms with E-state index in [1.807, 2.05) is 29.2 Å². The minimum Gasteiger partial charge on any atom is -0.368 e. The van der Waals surface area contributed by atoms with Crippen LogP contribution in [0, 0.1) is 3.57 Å². The molecule has 0 spiro atoms. The normalized spacial score (nSPS) is 24.5. The molecule has 2 aliphatic rings. The van der Waals surface area contributed by atoms with Crippen molar-refractivity contribution in [1.29, 1.82) is 0 Å². The van der Waals surface area contributed by atoms with Crippen molar-refractivity contribution < 1.29 is 9.53 Å². The van der Waals surface area contributed by atoms with E-state index < -0.39 is 0 Å². The molecule has 2 atom stereocenters. The second-order valence-corrected chi connectivity index (χ2v) is 6.89. The van der Waals surface area contributed by atoms with E-state index in [0.29, 0.717) is 13.2 Å². The number of halogens is 1. The highest BCUT2D eigenvalue weighted by Crippen LogP contribution is 2.29. The van der Waals surface area contributed by atoms with E-state index in [-0.39, 0.29) is 18.1 Å². The maximum absolute atomic E-state index is 12.6. The number of hydrogen-bond acceptors (Lipinski definition) is 3. The molecule has 5 nitrogen and oxygen atoms in total. The van der Waals surface area contributed by atoms with Crippen LogP contribution in [0.5, 0.6) is 0 Å². The second kappa shape index (κ2) is 5.66. The predicted molar refractivity (Wildman–Crippen MR) is 91.4 cm³/mol. The van der Waals surface area contributed by atoms with Crippen LogP contribution in [-0.2, 0) is 9.53 Å². The molecule has 1 aromatic heterocycles. The molecule has 1 N–H and O–H groups in total. The van der Waals surface area contributed by atoms with Crippen molar-refractivity contribution in [1.82, 2.24) is 14.9 Å². The lowest BCUT2D eigenvalue weighted by atomic mass is 10.2. The molecule has 1 amide bonds. The second-order valence-electron chi connectivity index (χ2n) is 5.65. The van der Waals surface area contributed by atoms with Crippen molar-refractivity contribution in [2.24, 2.45) is 0 Å². The number of nitrogens with zero attached hydrogens (tertiary/aromatic N) is 2. The summed E-state index contributed by atoms with van der Waals surface area (Å²) < 4.78 is 6.70. The summed E-state index contributed by atoms with van der Waals surface area (Å²) in [5.74, 6) is 0.889. The Hall–Kier alpha value is -1.41. The fourth-order valence-corrected chi connectivity index (χ4v) is 3.58. The van der Waals surface area contributed by atoms with Gasteiger partial charge in [-0.25, -0.2) is 4.98 Å². The van der Waals surface area contributed by atoms with Gasteiger partial charge in [0.25, 0.3) is 5.91 Å². The molecule has 3 heterocycles. The molecule has 0 bridgehead atoms. The summed E-state index contributed by atoms with van der Waals surface area (Å²) in [5.41, 5.74) is 1.94. The van der Waals surface area contributed by atoms with Crippen LogP contribution in [-0.4, -0.2) is 40.0 Å². The molecule has 6 heteroatoms. The van der Waals surface area contributed by atoms with E-state index in [0.717, 1.165) is 33.3 Å². The van der Waals surface area contributed by atoms with Gasteiger partial charge in [0.1, 0.15) is 18.0 Å². The first-order chi connectivity index (χ1) is 10.7. The number of amides is 1. The average Bonchev–Trinajstić information content (AvgIpc) is 3.24. The fourth-order valence-electron chi connectivity index (χ4n) is 3.09. The molecule has 0 saturated carbocycles. The number of aromatic nitrogens is 2. The van der Waals surface area contributed by atoms with Crippen molar-refractivity contribution in [3.05, 3.63) is 39.7 Å². The highest BCUT2D eigenvalue weighted by molar-refractivity contribution is 14.1. The number of aromatic amines is 1. The molecule has 1 aromatic carbocycles. The van der Waals surface area contributed by atoms with E-state index in [9.17, 15) is 4.79 Å². The number of benzene rings is 1. The Morgan fingerprint density at radius 3 is 3.18 bits per heavy atom. The lowest BCUT2D eigenvalue weighted by Crippen LogP contribution is -2.39. The number of imidazole rings is 1. The van der Waals surface area contributed by atoms with E-state index in [2.05, 4.69) is 38.6 Å². The summed E-state index contributed by atoms with van der Waals surface area (Å²) in [7, 11) is 0. The van der Waals surface area contributed by atoms with Gasteiger partial charge in [0.15, 0.2) is 0 Å². The van der Waals surface area contributed by atoms with Crippen molar-refractivity contribution in [3.8, 4) is 0 Å². The van der Waals surface area contributed by atoms with Gasteiger partial charge >= 0.3 is 0 Å². The van der Waals surface area contributed by atoms with E-state index >= 15 is 0 Å². The van der Waals surface area contributed by atoms with E-state index in [1.165, 1.54) is 0 Å². The van der Waals surface area contributed by atoms with Crippen LogP contribution in [0.2, 0.25) is 0 Å². The largest absolute Gasteiger partial charge is 0.368 e. The number of ether oxygens (including phenoxy) is 1. The van der Waals surface area contributed by atoms with Crippen LogP contribution in [0.25, 0.3) is 11.0 Å². The van der Waals surface area contributed by atoms with Crippen molar-refractivity contribution in [2.45, 2.75) is 25.0 Å². The minimum atomic E-state index is -0.285. The summed E-state index contributed by atoms with van der Waals surface area (Å²) in [6.07, 6.45) is 5.56. The van der Waals surface area contributed by atoms with Gasteiger partial charge in [0.05, 0.1) is 11.0 Å². The Labute approximate surface area is 141 Å². The Morgan fingerprint density at radius 2 is 2.36 bits per heavy atom. The van der Waals surface area contributed by atoms with Crippen LogP contribution in [0.15, 0.2) is 30.4 Å². The first-order valence-corrected chi connectivity index (χ1v) is 8.54. The topological polar surface area (TPSA) is 58.2 Å². The van der Waals surface area contributed by atoms with E-state index in [1.54, 1.807) is 0 Å². The van der Waals surface area contributed by atoms with Gasteiger partial charge in [-0.15, -0.1) is 0 Å². The zero-order valence-electron chi connectivity index (χ0n) is 12.0. The molecule has 1 saturated heterocycles. The number of hydrogen-bond donors (Lipinski definition) is 1. The Morgan fingerprint density at radius 1 is 1.45 bits per heavy atom. The van der Waals surface area contributed by atoms with E-state index in [4.69, 9.17) is 4.74 Å². The molecule has 114 valence electrons. The summed E-state index contributed by atoms with van der Waals surface area (Å²) >= 11 is 2.28. The lowest BCUT2D eigenvalue weighted by Gasteiger charge is -2.25. The van der Waals surface area contributed by atoms with Crippen LogP contribution < -0.4 is 0 Å². The lowest BCUT2D eigenvalue weighted by molar-refractivity contribution is -0.141. The highest BCUT2D eigenvalue weighted by Gasteiger charge is 2.34. The Kier molecular flexibility index (Phi) is 3.65. The molecule has 0 unspecified atom stereocenters. The van der Waals surface area contributed by atoms with Gasteiger partial charge in [-0.3, -0.25) is 4.79 Å². The maximum Gasteiger partial charge on any atom is 0.252 e. The third kappa shape index (κ3) is 2.44. The molecule has 2 aliphatic heterocycles. The molecular formula is C16H16IN3O2. The Bertz CT molecular complexity index is 749. The first-order valence-electron chi connectivity index (χ1n) is 7.46. The minimum absolute atomic E-state index is 0.0718. The fraction of sp³-hybridized carbons (Fsp3) is 0.375. The zero-order valence-corrected chi connectivity index (χ0v) is 14.1. The molecule has 22 heavy (non-hydrogen) atoms. The van der Waals surface area contributed by atoms with Crippen LogP contribution >= 0.6 is 22.6 Å². The van der Waals surface area contributed by atoms with Crippen LogP contribution in [0.3, 0.4) is 0 Å².